The molecule has 0 saturated carbocycles. The Kier molecular flexibility index (Phi) is 3.15. The standard InChI is InChI=1S/C11H9NO5S/c13-11(14)9-6-10(17-12-9)18(15,16)7-8-4-2-1-3-5-8/h1-6H,7H2,(H,13,14). The molecule has 1 aromatic heterocycles. The summed E-state index contributed by atoms with van der Waals surface area (Å²) in [7, 11) is -3.72. The molecular weight excluding hydrogens is 258 g/mol. The lowest BCUT2D eigenvalue weighted by Gasteiger charge is -1.99. The third-order valence-corrected chi connectivity index (χ3v) is 3.73. The molecule has 94 valence electrons. The van der Waals surface area contributed by atoms with Crippen molar-refractivity contribution in [2.24, 2.45) is 0 Å². The molecule has 0 bridgehead atoms. The molecule has 7 heteroatoms. The van der Waals surface area contributed by atoms with Crippen molar-refractivity contribution >= 4 is 15.8 Å². The molecule has 2 aromatic rings. The van der Waals surface area contributed by atoms with Gasteiger partial charge in [-0.05, 0) is 5.56 Å². The van der Waals surface area contributed by atoms with Crippen LogP contribution in [0.25, 0.3) is 0 Å². The van der Waals surface area contributed by atoms with Gasteiger partial charge in [0.05, 0.1) is 5.75 Å². The monoisotopic (exact) mass is 267 g/mol. The highest BCUT2D eigenvalue weighted by Crippen LogP contribution is 2.17. The normalized spacial score (nSPS) is 11.3. The smallest absolute Gasteiger partial charge is 0.358 e. The molecule has 0 amide bonds. The van der Waals surface area contributed by atoms with E-state index in [9.17, 15) is 13.2 Å². The number of hydrogen-bond acceptors (Lipinski definition) is 5. The van der Waals surface area contributed by atoms with E-state index < -0.39 is 26.6 Å². The lowest BCUT2D eigenvalue weighted by Crippen LogP contribution is -2.03. The molecule has 0 aliphatic rings. The maximum absolute atomic E-state index is 11.9. The number of rotatable bonds is 4. The fraction of sp³-hybridized carbons (Fsp3) is 0.0909. The predicted octanol–water partition coefficient (Wildman–Crippen LogP) is 1.35. The largest absolute Gasteiger partial charge is 0.476 e. The van der Waals surface area contributed by atoms with Crippen molar-refractivity contribution in [3.8, 4) is 0 Å². The Balaban J connectivity index is 2.28. The Bertz CT molecular complexity index is 660. The summed E-state index contributed by atoms with van der Waals surface area (Å²) in [6.07, 6.45) is 0. The average molecular weight is 267 g/mol. The van der Waals surface area contributed by atoms with Gasteiger partial charge in [0.2, 0.25) is 9.84 Å². The van der Waals surface area contributed by atoms with Crippen LogP contribution in [0, 0.1) is 0 Å². The van der Waals surface area contributed by atoms with Gasteiger partial charge in [-0.2, -0.15) is 0 Å². The zero-order valence-electron chi connectivity index (χ0n) is 9.11. The summed E-state index contributed by atoms with van der Waals surface area (Å²) >= 11 is 0. The molecule has 2 rings (SSSR count). The first-order valence-corrected chi connectivity index (χ1v) is 6.61. The van der Waals surface area contributed by atoms with Crippen LogP contribution >= 0.6 is 0 Å². The third kappa shape index (κ3) is 2.57. The summed E-state index contributed by atoms with van der Waals surface area (Å²) in [5.41, 5.74) is 0.160. The average Bonchev–Trinajstić information content (AvgIpc) is 2.79. The third-order valence-electron chi connectivity index (χ3n) is 2.21. The molecule has 1 heterocycles. The van der Waals surface area contributed by atoms with Gasteiger partial charge in [0.25, 0.3) is 5.09 Å². The minimum Gasteiger partial charge on any atom is -0.476 e. The highest BCUT2D eigenvalue weighted by atomic mass is 32.2. The molecular formula is C11H9NO5S. The Hall–Kier alpha value is -2.15. The number of carboxylic acids is 1. The van der Waals surface area contributed by atoms with Crippen molar-refractivity contribution in [1.29, 1.82) is 0 Å². The minimum atomic E-state index is -3.72. The van der Waals surface area contributed by atoms with Crippen molar-refractivity contribution in [3.63, 3.8) is 0 Å². The fourth-order valence-electron chi connectivity index (χ4n) is 1.37. The van der Waals surface area contributed by atoms with Gasteiger partial charge in [-0.15, -0.1) is 0 Å². The van der Waals surface area contributed by atoms with E-state index in [1.807, 2.05) is 0 Å². The predicted molar refractivity (Wildman–Crippen MR) is 60.8 cm³/mol. The molecule has 0 unspecified atom stereocenters. The molecule has 0 spiro atoms. The topological polar surface area (TPSA) is 97.5 Å². The van der Waals surface area contributed by atoms with Crippen LogP contribution in [0.4, 0.5) is 0 Å². The van der Waals surface area contributed by atoms with Crippen LogP contribution in [0.15, 0.2) is 46.0 Å². The van der Waals surface area contributed by atoms with Crippen molar-refractivity contribution in [1.82, 2.24) is 5.16 Å². The summed E-state index contributed by atoms with van der Waals surface area (Å²) in [5.74, 6) is -1.60. The zero-order chi connectivity index (χ0) is 13.2. The quantitative estimate of drug-likeness (QED) is 0.897. The van der Waals surface area contributed by atoms with Crippen LogP contribution in [-0.2, 0) is 15.6 Å². The molecule has 0 fully saturated rings. The summed E-state index contributed by atoms with van der Waals surface area (Å²) < 4.78 is 28.4. The van der Waals surface area contributed by atoms with Crippen LogP contribution < -0.4 is 0 Å². The maximum Gasteiger partial charge on any atom is 0.358 e. The molecule has 1 aromatic carbocycles. The van der Waals surface area contributed by atoms with Gasteiger partial charge in [0.15, 0.2) is 5.69 Å². The lowest BCUT2D eigenvalue weighted by molar-refractivity contribution is 0.0685. The Morgan fingerprint density at radius 1 is 1.28 bits per heavy atom. The number of nitrogens with zero attached hydrogens (tertiary/aromatic N) is 1. The number of benzene rings is 1. The number of sulfone groups is 1. The molecule has 6 nitrogen and oxygen atoms in total. The highest BCUT2D eigenvalue weighted by molar-refractivity contribution is 7.90. The first kappa shape index (κ1) is 12.3. The van der Waals surface area contributed by atoms with Gasteiger partial charge in [-0.3, -0.25) is 0 Å². The fourth-order valence-corrected chi connectivity index (χ4v) is 2.59. The maximum atomic E-state index is 11.9. The van der Waals surface area contributed by atoms with Crippen molar-refractivity contribution in [2.45, 2.75) is 10.8 Å². The second kappa shape index (κ2) is 4.61. The van der Waals surface area contributed by atoms with Gasteiger partial charge in [0.1, 0.15) is 0 Å². The highest BCUT2D eigenvalue weighted by Gasteiger charge is 2.23. The van der Waals surface area contributed by atoms with E-state index in [-0.39, 0.29) is 5.75 Å². The molecule has 18 heavy (non-hydrogen) atoms. The van der Waals surface area contributed by atoms with E-state index >= 15 is 0 Å². The van der Waals surface area contributed by atoms with Gasteiger partial charge >= 0.3 is 5.97 Å². The molecule has 0 aliphatic heterocycles. The van der Waals surface area contributed by atoms with E-state index in [0.717, 1.165) is 6.07 Å². The Labute approximate surface area is 103 Å². The summed E-state index contributed by atoms with van der Waals surface area (Å²) in [5, 5.41) is 11.4. The summed E-state index contributed by atoms with van der Waals surface area (Å²) in [6.45, 7) is 0. The molecule has 0 aliphatic carbocycles. The van der Waals surface area contributed by atoms with E-state index in [2.05, 4.69) is 9.68 Å². The van der Waals surface area contributed by atoms with E-state index in [0.29, 0.717) is 5.56 Å². The van der Waals surface area contributed by atoms with Crippen LogP contribution in [0.5, 0.6) is 0 Å². The zero-order valence-corrected chi connectivity index (χ0v) is 9.92. The SMILES string of the molecule is O=C(O)c1cc(S(=O)(=O)Cc2ccccc2)on1. The van der Waals surface area contributed by atoms with Gasteiger partial charge < -0.3 is 9.63 Å². The minimum absolute atomic E-state index is 0.262. The molecule has 0 saturated heterocycles. The van der Waals surface area contributed by atoms with Gasteiger partial charge in [-0.25, -0.2) is 13.2 Å². The van der Waals surface area contributed by atoms with Crippen LogP contribution in [0.2, 0.25) is 0 Å². The molecule has 0 radical (unpaired) electrons. The number of hydrogen-bond donors (Lipinski definition) is 1. The molecule has 0 atom stereocenters. The van der Waals surface area contributed by atoms with Crippen LogP contribution in [0.1, 0.15) is 16.1 Å². The van der Waals surface area contributed by atoms with Crippen LogP contribution in [-0.4, -0.2) is 24.7 Å². The number of carboxylic acid groups (broad SMARTS) is 1. The number of carbonyl (C=O) groups is 1. The lowest BCUT2D eigenvalue weighted by atomic mass is 10.2. The van der Waals surface area contributed by atoms with Gasteiger partial charge in [-0.1, -0.05) is 35.5 Å². The van der Waals surface area contributed by atoms with Crippen molar-refractivity contribution in [3.05, 3.63) is 47.7 Å². The van der Waals surface area contributed by atoms with Gasteiger partial charge in [0, 0.05) is 6.07 Å². The first-order chi connectivity index (χ1) is 8.49. The Morgan fingerprint density at radius 2 is 1.94 bits per heavy atom. The van der Waals surface area contributed by atoms with E-state index in [4.69, 9.17) is 5.11 Å². The van der Waals surface area contributed by atoms with Crippen molar-refractivity contribution < 1.29 is 22.8 Å². The van der Waals surface area contributed by atoms with Crippen molar-refractivity contribution in [2.75, 3.05) is 0 Å². The summed E-state index contributed by atoms with van der Waals surface area (Å²) in [6, 6.07) is 9.42. The number of aromatic carboxylic acids is 1. The Morgan fingerprint density at radius 3 is 2.50 bits per heavy atom. The molecule has 1 N–H and O–H groups in total. The van der Waals surface area contributed by atoms with Crippen LogP contribution in [0.3, 0.4) is 0 Å². The summed E-state index contributed by atoms with van der Waals surface area (Å²) in [4.78, 5) is 10.6. The second-order valence-corrected chi connectivity index (χ2v) is 5.50. The van der Waals surface area contributed by atoms with E-state index in [1.54, 1.807) is 30.3 Å². The second-order valence-electron chi connectivity index (χ2n) is 3.58. The number of aromatic nitrogens is 1. The van der Waals surface area contributed by atoms with E-state index in [1.165, 1.54) is 0 Å². The first-order valence-electron chi connectivity index (χ1n) is 4.96.